The standard InChI is InChI=1S/C22H21N4O/c1-25(2)18-10-7-16(8-11-18)6-9-17-12-14-26(3)15-19(17)22-24-21-20(27-22)5-4-13-23-21/h4-15H,1-3H3/q+1. The molecule has 0 spiro atoms. The van der Waals surface area contributed by atoms with Crippen LogP contribution < -0.4 is 9.47 Å². The first-order valence-corrected chi connectivity index (χ1v) is 8.77. The second-order valence-electron chi connectivity index (χ2n) is 6.64. The fraction of sp³-hybridized carbons (Fsp3) is 0.136. The molecule has 0 aliphatic rings. The molecule has 3 heterocycles. The minimum Gasteiger partial charge on any atom is -0.434 e. The third-order valence-corrected chi connectivity index (χ3v) is 4.39. The third kappa shape index (κ3) is 3.58. The maximum Gasteiger partial charge on any atom is 0.235 e. The number of pyridine rings is 2. The molecular weight excluding hydrogens is 336 g/mol. The number of hydrogen-bond donors (Lipinski definition) is 0. The second-order valence-corrected chi connectivity index (χ2v) is 6.64. The molecule has 4 rings (SSSR count). The summed E-state index contributed by atoms with van der Waals surface area (Å²) in [6.07, 6.45) is 9.93. The summed E-state index contributed by atoms with van der Waals surface area (Å²) < 4.78 is 7.90. The molecule has 0 bridgehead atoms. The molecule has 0 aliphatic carbocycles. The van der Waals surface area contributed by atoms with Gasteiger partial charge in [0.2, 0.25) is 5.89 Å². The van der Waals surface area contributed by atoms with Crippen molar-refractivity contribution in [3.05, 3.63) is 72.2 Å². The molecular formula is C22H21N4O+. The first kappa shape index (κ1) is 17.0. The lowest BCUT2D eigenvalue weighted by molar-refractivity contribution is -0.671. The van der Waals surface area contributed by atoms with Crippen LogP contribution in [0.15, 0.2) is 65.5 Å². The molecule has 0 atom stereocenters. The maximum atomic E-state index is 5.92. The predicted octanol–water partition coefficient (Wildman–Crippen LogP) is 3.95. The second kappa shape index (κ2) is 7.03. The number of nitrogens with zero attached hydrogens (tertiary/aromatic N) is 4. The Morgan fingerprint density at radius 2 is 1.85 bits per heavy atom. The summed E-state index contributed by atoms with van der Waals surface area (Å²) in [4.78, 5) is 10.9. The highest BCUT2D eigenvalue weighted by atomic mass is 16.3. The van der Waals surface area contributed by atoms with Crippen LogP contribution in [0.25, 0.3) is 34.8 Å². The van der Waals surface area contributed by atoms with Gasteiger partial charge in [0.1, 0.15) is 12.6 Å². The first-order valence-electron chi connectivity index (χ1n) is 8.77. The van der Waals surface area contributed by atoms with Gasteiger partial charge in [-0.25, -0.2) is 9.55 Å². The smallest absolute Gasteiger partial charge is 0.235 e. The Morgan fingerprint density at radius 1 is 1.04 bits per heavy atom. The summed E-state index contributed by atoms with van der Waals surface area (Å²) in [6.45, 7) is 0. The van der Waals surface area contributed by atoms with Gasteiger partial charge in [0.25, 0.3) is 0 Å². The highest BCUT2D eigenvalue weighted by Crippen LogP contribution is 2.26. The van der Waals surface area contributed by atoms with Crippen LogP contribution >= 0.6 is 0 Å². The van der Waals surface area contributed by atoms with Gasteiger partial charge in [0.15, 0.2) is 23.6 Å². The van der Waals surface area contributed by atoms with Gasteiger partial charge in [-0.05, 0) is 35.4 Å². The van der Waals surface area contributed by atoms with Crippen molar-refractivity contribution in [3.8, 4) is 11.5 Å². The summed E-state index contributed by atoms with van der Waals surface area (Å²) >= 11 is 0. The Morgan fingerprint density at radius 3 is 2.59 bits per heavy atom. The fourth-order valence-electron chi connectivity index (χ4n) is 2.89. The zero-order chi connectivity index (χ0) is 18.8. The van der Waals surface area contributed by atoms with Crippen LogP contribution in [-0.4, -0.2) is 24.1 Å². The quantitative estimate of drug-likeness (QED) is 0.519. The monoisotopic (exact) mass is 357 g/mol. The minimum atomic E-state index is 0.572. The van der Waals surface area contributed by atoms with Gasteiger partial charge in [-0.1, -0.05) is 24.3 Å². The van der Waals surface area contributed by atoms with Crippen molar-refractivity contribution in [1.29, 1.82) is 0 Å². The number of rotatable bonds is 4. The van der Waals surface area contributed by atoms with E-state index in [1.54, 1.807) is 6.20 Å². The van der Waals surface area contributed by atoms with Gasteiger partial charge in [0, 0.05) is 32.0 Å². The van der Waals surface area contributed by atoms with Crippen molar-refractivity contribution in [2.75, 3.05) is 19.0 Å². The van der Waals surface area contributed by atoms with Crippen LogP contribution in [0.2, 0.25) is 0 Å². The third-order valence-electron chi connectivity index (χ3n) is 4.39. The van der Waals surface area contributed by atoms with Crippen molar-refractivity contribution < 1.29 is 8.98 Å². The topological polar surface area (TPSA) is 46.0 Å². The Labute approximate surface area is 158 Å². The SMILES string of the molecule is CN(C)c1ccc(/C=C/c2cc[n+](C)cc2-c2nc3ncccc3o2)cc1. The predicted molar refractivity (Wildman–Crippen MR) is 108 cm³/mol. The van der Waals surface area contributed by atoms with E-state index < -0.39 is 0 Å². The van der Waals surface area contributed by atoms with Crippen molar-refractivity contribution in [2.45, 2.75) is 0 Å². The summed E-state index contributed by atoms with van der Waals surface area (Å²) in [6, 6.07) is 14.2. The van der Waals surface area contributed by atoms with Gasteiger partial charge in [-0.2, -0.15) is 4.98 Å². The van der Waals surface area contributed by atoms with Crippen LogP contribution in [0.1, 0.15) is 11.1 Å². The van der Waals surface area contributed by atoms with Crippen LogP contribution in [0.3, 0.4) is 0 Å². The number of aromatic nitrogens is 3. The molecule has 134 valence electrons. The van der Waals surface area contributed by atoms with E-state index in [0.717, 1.165) is 16.7 Å². The highest BCUT2D eigenvalue weighted by molar-refractivity contribution is 5.80. The van der Waals surface area contributed by atoms with E-state index in [4.69, 9.17) is 4.42 Å². The Hall–Kier alpha value is -3.47. The van der Waals surface area contributed by atoms with E-state index in [1.807, 2.05) is 50.2 Å². The van der Waals surface area contributed by atoms with Gasteiger partial charge < -0.3 is 9.32 Å². The van der Waals surface area contributed by atoms with E-state index in [1.165, 1.54) is 5.69 Å². The van der Waals surface area contributed by atoms with E-state index in [9.17, 15) is 0 Å². The van der Waals surface area contributed by atoms with Gasteiger partial charge in [-0.15, -0.1) is 0 Å². The lowest BCUT2D eigenvalue weighted by Crippen LogP contribution is -2.26. The van der Waals surface area contributed by atoms with Crippen molar-refractivity contribution in [2.24, 2.45) is 7.05 Å². The average molecular weight is 357 g/mol. The van der Waals surface area contributed by atoms with Crippen LogP contribution in [0, 0.1) is 0 Å². The Balaban J connectivity index is 1.71. The first-order chi connectivity index (χ1) is 13.1. The van der Waals surface area contributed by atoms with Crippen LogP contribution in [0.5, 0.6) is 0 Å². The number of oxazole rings is 1. The molecule has 0 amide bonds. The Bertz CT molecular complexity index is 1080. The molecule has 0 N–H and O–H groups in total. The molecule has 1 aromatic carbocycles. The molecule has 0 saturated carbocycles. The molecule has 0 saturated heterocycles. The molecule has 4 aromatic rings. The van der Waals surface area contributed by atoms with Gasteiger partial charge in [-0.3, -0.25) is 0 Å². The van der Waals surface area contributed by atoms with Crippen LogP contribution in [-0.2, 0) is 7.05 Å². The molecule has 0 radical (unpaired) electrons. The molecule has 5 nitrogen and oxygen atoms in total. The Kier molecular flexibility index (Phi) is 4.42. The number of hydrogen-bond acceptors (Lipinski definition) is 4. The number of aryl methyl sites for hydroxylation is 1. The number of benzene rings is 1. The normalized spacial score (nSPS) is 11.4. The number of anilines is 1. The highest BCUT2D eigenvalue weighted by Gasteiger charge is 2.15. The van der Waals surface area contributed by atoms with E-state index >= 15 is 0 Å². The lowest BCUT2D eigenvalue weighted by atomic mass is 10.1. The summed E-state index contributed by atoms with van der Waals surface area (Å²) in [5.41, 5.74) is 5.59. The fourth-order valence-corrected chi connectivity index (χ4v) is 2.89. The minimum absolute atomic E-state index is 0.572. The van der Waals surface area contributed by atoms with Gasteiger partial charge in [0.05, 0.1) is 0 Å². The van der Waals surface area contributed by atoms with Crippen molar-refractivity contribution >= 4 is 29.1 Å². The molecule has 5 heteroatoms. The van der Waals surface area contributed by atoms with E-state index in [-0.39, 0.29) is 0 Å². The average Bonchev–Trinajstić information content (AvgIpc) is 3.11. The number of fused-ring (bicyclic) bond motifs is 1. The largest absolute Gasteiger partial charge is 0.434 e. The van der Waals surface area contributed by atoms with E-state index in [2.05, 4.69) is 57.4 Å². The molecule has 0 unspecified atom stereocenters. The zero-order valence-electron chi connectivity index (χ0n) is 15.6. The van der Waals surface area contributed by atoms with E-state index in [0.29, 0.717) is 17.1 Å². The molecule has 0 fully saturated rings. The summed E-state index contributed by atoms with van der Waals surface area (Å²) in [5, 5.41) is 0. The molecule has 27 heavy (non-hydrogen) atoms. The van der Waals surface area contributed by atoms with Crippen molar-refractivity contribution in [1.82, 2.24) is 9.97 Å². The molecule has 0 aliphatic heterocycles. The zero-order valence-corrected chi connectivity index (χ0v) is 15.6. The summed E-state index contributed by atoms with van der Waals surface area (Å²) in [5.74, 6) is 0.572. The molecule has 3 aromatic heterocycles. The lowest BCUT2D eigenvalue weighted by Gasteiger charge is -2.11. The van der Waals surface area contributed by atoms with Gasteiger partial charge >= 0.3 is 0 Å². The van der Waals surface area contributed by atoms with Crippen molar-refractivity contribution in [3.63, 3.8) is 0 Å². The maximum absolute atomic E-state index is 5.92. The van der Waals surface area contributed by atoms with Crippen LogP contribution in [0.4, 0.5) is 5.69 Å². The summed E-state index contributed by atoms with van der Waals surface area (Å²) in [7, 11) is 6.06.